The number of likely N-dealkylation sites (N-methyl/N-ethyl adjacent to an activating group) is 1. The van der Waals surface area contributed by atoms with E-state index in [0.717, 1.165) is 0 Å². The molecule has 7 nitrogen and oxygen atoms in total. The number of nitrogens with zero attached hydrogens (tertiary/aromatic N) is 2. The SMILES string of the molecule is C=CCNC(=NCc1cc(OC)ccc1OC(F)F)NCC(=O)N(C)C. The minimum atomic E-state index is -2.94. The highest BCUT2D eigenvalue weighted by atomic mass is 19.3. The van der Waals surface area contributed by atoms with Gasteiger partial charge in [0.1, 0.15) is 11.5 Å². The van der Waals surface area contributed by atoms with Gasteiger partial charge < -0.3 is 25.0 Å². The van der Waals surface area contributed by atoms with Crippen LogP contribution in [0, 0.1) is 0 Å². The number of hydrogen-bond donors (Lipinski definition) is 2. The van der Waals surface area contributed by atoms with Crippen LogP contribution in [0.1, 0.15) is 5.56 Å². The molecule has 26 heavy (non-hydrogen) atoms. The molecule has 0 aliphatic rings. The highest BCUT2D eigenvalue weighted by Crippen LogP contribution is 2.26. The molecule has 0 aliphatic carbocycles. The zero-order valence-electron chi connectivity index (χ0n) is 15.1. The Morgan fingerprint density at radius 1 is 1.38 bits per heavy atom. The third-order valence-electron chi connectivity index (χ3n) is 3.21. The first-order chi connectivity index (χ1) is 12.4. The summed E-state index contributed by atoms with van der Waals surface area (Å²) in [4.78, 5) is 17.4. The van der Waals surface area contributed by atoms with E-state index in [1.54, 1.807) is 26.2 Å². The fraction of sp³-hybridized carbons (Fsp3) is 0.412. The minimum absolute atomic E-state index is 0.0111. The molecule has 144 valence electrons. The summed E-state index contributed by atoms with van der Waals surface area (Å²) >= 11 is 0. The second-order valence-electron chi connectivity index (χ2n) is 5.33. The van der Waals surface area contributed by atoms with Crippen molar-refractivity contribution in [3.63, 3.8) is 0 Å². The third-order valence-corrected chi connectivity index (χ3v) is 3.21. The fourth-order valence-corrected chi connectivity index (χ4v) is 1.84. The Morgan fingerprint density at radius 2 is 2.12 bits per heavy atom. The molecule has 0 radical (unpaired) electrons. The van der Waals surface area contributed by atoms with E-state index in [-0.39, 0.29) is 24.7 Å². The Morgan fingerprint density at radius 3 is 2.69 bits per heavy atom. The summed E-state index contributed by atoms with van der Waals surface area (Å²) in [5, 5.41) is 5.83. The standard InChI is InChI=1S/C17H24F2N4O3/c1-5-8-20-17(22-11-15(24)23(2)3)21-10-12-9-13(25-4)6-7-14(12)26-16(18)19/h5-7,9,16H,1,8,10-11H2,2-4H3,(H2,20,21,22). The molecule has 0 aliphatic heterocycles. The molecule has 0 unspecified atom stereocenters. The minimum Gasteiger partial charge on any atom is -0.497 e. The van der Waals surface area contributed by atoms with Gasteiger partial charge in [-0.25, -0.2) is 4.99 Å². The van der Waals surface area contributed by atoms with Crippen molar-refractivity contribution in [3.8, 4) is 11.5 Å². The molecule has 2 N–H and O–H groups in total. The summed E-state index contributed by atoms with van der Waals surface area (Å²) in [6.07, 6.45) is 1.63. The van der Waals surface area contributed by atoms with Crippen molar-refractivity contribution < 1.29 is 23.0 Å². The van der Waals surface area contributed by atoms with E-state index < -0.39 is 6.61 Å². The van der Waals surface area contributed by atoms with Crippen molar-refractivity contribution in [1.29, 1.82) is 0 Å². The molecule has 0 atom stereocenters. The molecule has 0 heterocycles. The zero-order chi connectivity index (χ0) is 19.5. The van der Waals surface area contributed by atoms with Crippen LogP contribution in [0.15, 0.2) is 35.8 Å². The molecule has 1 aromatic rings. The highest BCUT2D eigenvalue weighted by molar-refractivity contribution is 5.86. The molecular formula is C17H24F2N4O3. The average Bonchev–Trinajstić information content (AvgIpc) is 2.61. The topological polar surface area (TPSA) is 75.2 Å². The predicted molar refractivity (Wildman–Crippen MR) is 95.7 cm³/mol. The summed E-state index contributed by atoms with van der Waals surface area (Å²) in [6, 6.07) is 4.49. The van der Waals surface area contributed by atoms with E-state index in [0.29, 0.717) is 23.8 Å². The monoisotopic (exact) mass is 370 g/mol. The van der Waals surface area contributed by atoms with Crippen LogP contribution in [0.2, 0.25) is 0 Å². The van der Waals surface area contributed by atoms with Crippen LogP contribution in [0.5, 0.6) is 11.5 Å². The maximum absolute atomic E-state index is 12.6. The van der Waals surface area contributed by atoms with E-state index in [1.807, 2.05) is 0 Å². The quantitative estimate of drug-likeness (QED) is 0.392. The Balaban J connectivity index is 2.94. The Kier molecular flexibility index (Phi) is 8.90. The van der Waals surface area contributed by atoms with E-state index in [2.05, 4.69) is 26.9 Å². The number of nitrogens with one attached hydrogen (secondary N) is 2. The first-order valence-corrected chi connectivity index (χ1v) is 7.82. The Labute approximate surface area is 151 Å². The lowest BCUT2D eigenvalue weighted by Gasteiger charge is -2.15. The summed E-state index contributed by atoms with van der Waals surface area (Å²) < 4.78 is 34.8. The number of rotatable bonds is 9. The number of methoxy groups -OCH3 is 1. The molecule has 0 aromatic heterocycles. The lowest BCUT2D eigenvalue weighted by Crippen LogP contribution is -2.43. The molecule has 1 aromatic carbocycles. The molecule has 0 fully saturated rings. The average molecular weight is 370 g/mol. The van der Waals surface area contributed by atoms with Crippen molar-refractivity contribution >= 4 is 11.9 Å². The van der Waals surface area contributed by atoms with Gasteiger partial charge in [0, 0.05) is 26.2 Å². The summed E-state index contributed by atoms with van der Waals surface area (Å²) in [7, 11) is 4.76. The van der Waals surface area contributed by atoms with Gasteiger partial charge in [-0.2, -0.15) is 8.78 Å². The maximum atomic E-state index is 12.6. The lowest BCUT2D eigenvalue weighted by molar-refractivity contribution is -0.127. The van der Waals surface area contributed by atoms with E-state index in [9.17, 15) is 13.6 Å². The van der Waals surface area contributed by atoms with E-state index in [1.165, 1.54) is 24.1 Å². The van der Waals surface area contributed by atoms with Gasteiger partial charge >= 0.3 is 6.61 Å². The molecule has 0 spiro atoms. The van der Waals surface area contributed by atoms with Crippen molar-refractivity contribution in [2.24, 2.45) is 4.99 Å². The van der Waals surface area contributed by atoms with Crippen LogP contribution in [-0.4, -0.2) is 57.7 Å². The zero-order valence-corrected chi connectivity index (χ0v) is 15.1. The van der Waals surface area contributed by atoms with Crippen LogP contribution < -0.4 is 20.1 Å². The summed E-state index contributed by atoms with van der Waals surface area (Å²) in [5.74, 6) is 0.706. The van der Waals surface area contributed by atoms with Gasteiger partial charge in [0.2, 0.25) is 5.91 Å². The molecule has 1 rings (SSSR count). The van der Waals surface area contributed by atoms with Gasteiger partial charge in [-0.05, 0) is 18.2 Å². The number of aliphatic imine (C=N–C) groups is 1. The Hall–Kier alpha value is -2.84. The number of benzene rings is 1. The van der Waals surface area contributed by atoms with Gasteiger partial charge in [0.15, 0.2) is 5.96 Å². The van der Waals surface area contributed by atoms with Gasteiger partial charge in [-0.15, -0.1) is 6.58 Å². The van der Waals surface area contributed by atoms with Gasteiger partial charge in [0.05, 0.1) is 20.2 Å². The van der Waals surface area contributed by atoms with Gasteiger partial charge in [0.25, 0.3) is 0 Å². The number of carbonyl (C=O) groups is 1. The number of carbonyl (C=O) groups excluding carboxylic acids is 1. The van der Waals surface area contributed by atoms with Crippen LogP contribution >= 0.6 is 0 Å². The van der Waals surface area contributed by atoms with Crippen molar-refractivity contribution in [1.82, 2.24) is 15.5 Å². The molecule has 0 saturated heterocycles. The summed E-state index contributed by atoms with van der Waals surface area (Å²) in [6.45, 7) is 1.16. The predicted octanol–water partition coefficient (Wildman–Crippen LogP) is 1.61. The highest BCUT2D eigenvalue weighted by Gasteiger charge is 2.11. The smallest absolute Gasteiger partial charge is 0.387 e. The van der Waals surface area contributed by atoms with Gasteiger partial charge in [-0.3, -0.25) is 4.79 Å². The number of guanidine groups is 1. The van der Waals surface area contributed by atoms with Crippen LogP contribution in [0.25, 0.3) is 0 Å². The number of ether oxygens (including phenoxy) is 2. The van der Waals surface area contributed by atoms with Crippen molar-refractivity contribution in [2.75, 3.05) is 34.3 Å². The number of hydrogen-bond acceptors (Lipinski definition) is 4. The van der Waals surface area contributed by atoms with Crippen molar-refractivity contribution in [2.45, 2.75) is 13.2 Å². The first-order valence-electron chi connectivity index (χ1n) is 7.82. The third kappa shape index (κ3) is 7.37. The van der Waals surface area contributed by atoms with Crippen LogP contribution in [-0.2, 0) is 11.3 Å². The van der Waals surface area contributed by atoms with Crippen molar-refractivity contribution in [3.05, 3.63) is 36.4 Å². The second-order valence-corrected chi connectivity index (χ2v) is 5.33. The fourth-order valence-electron chi connectivity index (χ4n) is 1.84. The maximum Gasteiger partial charge on any atom is 0.387 e. The molecule has 0 saturated carbocycles. The number of amides is 1. The molecular weight excluding hydrogens is 346 g/mol. The molecule has 0 bridgehead atoms. The lowest BCUT2D eigenvalue weighted by atomic mass is 10.2. The normalized spacial score (nSPS) is 11.1. The van der Waals surface area contributed by atoms with Crippen LogP contribution in [0.3, 0.4) is 0 Å². The number of alkyl halides is 2. The van der Waals surface area contributed by atoms with E-state index >= 15 is 0 Å². The van der Waals surface area contributed by atoms with Crippen LogP contribution in [0.4, 0.5) is 8.78 Å². The first kappa shape index (κ1) is 21.2. The Bertz CT molecular complexity index is 636. The largest absolute Gasteiger partial charge is 0.497 e. The molecule has 1 amide bonds. The second kappa shape index (κ2) is 10.9. The van der Waals surface area contributed by atoms with E-state index in [4.69, 9.17) is 4.74 Å². The summed E-state index contributed by atoms with van der Waals surface area (Å²) in [5.41, 5.74) is 0.420. The van der Waals surface area contributed by atoms with Gasteiger partial charge in [-0.1, -0.05) is 6.08 Å². The number of halogens is 2. The molecule has 9 heteroatoms.